The highest BCUT2D eigenvalue weighted by Gasteiger charge is 2.20. The van der Waals surface area contributed by atoms with Crippen molar-refractivity contribution in [1.29, 1.82) is 0 Å². The van der Waals surface area contributed by atoms with Crippen LogP contribution in [0.15, 0.2) is 6.20 Å². The van der Waals surface area contributed by atoms with Crippen molar-refractivity contribution in [3.05, 3.63) is 16.3 Å². The number of ether oxygens (including phenoxy) is 1. The van der Waals surface area contributed by atoms with Gasteiger partial charge in [0.25, 0.3) is 0 Å². The summed E-state index contributed by atoms with van der Waals surface area (Å²) in [5.74, 6) is -0.334. The molecule has 124 valence electrons. The lowest BCUT2D eigenvalue weighted by Gasteiger charge is -2.17. The third-order valence-electron chi connectivity index (χ3n) is 3.27. The van der Waals surface area contributed by atoms with Crippen LogP contribution in [-0.4, -0.2) is 58.8 Å². The van der Waals surface area contributed by atoms with Gasteiger partial charge in [0.15, 0.2) is 0 Å². The number of nitro groups is 1. The van der Waals surface area contributed by atoms with E-state index in [0.29, 0.717) is 6.54 Å². The van der Waals surface area contributed by atoms with E-state index in [2.05, 4.69) is 29.2 Å². The molecular formula is C13H23N5O4. The Morgan fingerprint density at radius 1 is 1.50 bits per heavy atom. The number of hydrogen-bond acceptors (Lipinski definition) is 6. The molecule has 0 aliphatic carbocycles. The summed E-state index contributed by atoms with van der Waals surface area (Å²) in [6, 6.07) is 0. The summed E-state index contributed by atoms with van der Waals surface area (Å²) in [4.78, 5) is 24.2. The topological polar surface area (TPSA) is 103 Å². The van der Waals surface area contributed by atoms with Crippen LogP contribution in [0.4, 0.5) is 5.69 Å². The standard InChI is InChI=1S/C13H23N5O4/c1-4-16(5-2)8-6-7-14-12(19)10-17-9-11(18(20)21)13(15-17)22-3/h9H,4-8,10H2,1-3H3,(H,14,19). The number of rotatable bonds is 10. The van der Waals surface area contributed by atoms with Gasteiger partial charge in [0, 0.05) is 6.54 Å². The normalized spacial score (nSPS) is 10.7. The minimum Gasteiger partial charge on any atom is -0.475 e. The molecule has 0 aliphatic heterocycles. The van der Waals surface area contributed by atoms with Crippen LogP contribution in [-0.2, 0) is 11.3 Å². The van der Waals surface area contributed by atoms with Crippen LogP contribution in [0.2, 0.25) is 0 Å². The first-order chi connectivity index (χ1) is 10.5. The van der Waals surface area contributed by atoms with Crippen LogP contribution in [0, 0.1) is 10.1 Å². The molecule has 1 N–H and O–H groups in total. The number of nitrogens with zero attached hydrogens (tertiary/aromatic N) is 4. The Morgan fingerprint density at radius 2 is 2.18 bits per heavy atom. The minimum absolute atomic E-state index is 0.0739. The highest BCUT2D eigenvalue weighted by molar-refractivity contribution is 5.75. The second-order valence-corrected chi connectivity index (χ2v) is 4.71. The Balaban J connectivity index is 2.41. The Bertz CT molecular complexity index is 499. The predicted molar refractivity (Wildman–Crippen MR) is 80.8 cm³/mol. The van der Waals surface area contributed by atoms with Crippen LogP contribution in [0.5, 0.6) is 5.88 Å². The Hall–Kier alpha value is -2.16. The first-order valence-corrected chi connectivity index (χ1v) is 7.26. The lowest BCUT2D eigenvalue weighted by atomic mass is 10.3. The fourth-order valence-corrected chi connectivity index (χ4v) is 2.02. The molecular weight excluding hydrogens is 290 g/mol. The highest BCUT2D eigenvalue weighted by Crippen LogP contribution is 2.23. The summed E-state index contributed by atoms with van der Waals surface area (Å²) in [6.45, 7) is 7.59. The maximum Gasteiger partial charge on any atom is 0.350 e. The van der Waals surface area contributed by atoms with E-state index >= 15 is 0 Å². The van der Waals surface area contributed by atoms with E-state index in [-0.39, 0.29) is 24.0 Å². The van der Waals surface area contributed by atoms with E-state index in [4.69, 9.17) is 4.74 Å². The molecule has 0 unspecified atom stereocenters. The molecule has 0 aliphatic rings. The molecule has 9 heteroatoms. The summed E-state index contributed by atoms with van der Waals surface area (Å²) in [6.07, 6.45) is 2.05. The quantitative estimate of drug-likeness (QED) is 0.386. The van der Waals surface area contributed by atoms with Crippen molar-refractivity contribution in [2.24, 2.45) is 0 Å². The molecule has 0 spiro atoms. The molecule has 0 atom stereocenters. The van der Waals surface area contributed by atoms with Crippen molar-refractivity contribution in [2.45, 2.75) is 26.8 Å². The second-order valence-electron chi connectivity index (χ2n) is 4.71. The molecule has 0 radical (unpaired) electrons. The number of methoxy groups -OCH3 is 1. The van der Waals surface area contributed by atoms with Crippen LogP contribution < -0.4 is 10.1 Å². The second kappa shape index (κ2) is 8.98. The molecule has 0 saturated heterocycles. The molecule has 1 heterocycles. The third-order valence-corrected chi connectivity index (χ3v) is 3.27. The van der Waals surface area contributed by atoms with E-state index in [9.17, 15) is 14.9 Å². The van der Waals surface area contributed by atoms with Crippen molar-refractivity contribution in [2.75, 3.05) is 33.3 Å². The van der Waals surface area contributed by atoms with Crippen LogP contribution in [0.25, 0.3) is 0 Å². The van der Waals surface area contributed by atoms with Crippen molar-refractivity contribution in [3.8, 4) is 5.88 Å². The fourth-order valence-electron chi connectivity index (χ4n) is 2.02. The Kier molecular flexibility index (Phi) is 7.30. The Morgan fingerprint density at radius 3 is 2.68 bits per heavy atom. The summed E-state index contributed by atoms with van der Waals surface area (Å²) in [5.41, 5.74) is -0.253. The van der Waals surface area contributed by atoms with E-state index in [1.54, 1.807) is 0 Å². The molecule has 1 aromatic heterocycles. The molecule has 22 heavy (non-hydrogen) atoms. The minimum atomic E-state index is -0.593. The SMILES string of the molecule is CCN(CC)CCCNC(=O)Cn1cc([N+](=O)[O-])c(OC)n1. The number of aromatic nitrogens is 2. The number of hydrogen-bond donors (Lipinski definition) is 1. The Labute approximate surface area is 129 Å². The largest absolute Gasteiger partial charge is 0.475 e. The van der Waals surface area contributed by atoms with Crippen LogP contribution in [0.1, 0.15) is 20.3 Å². The number of nitrogens with one attached hydrogen (secondary N) is 1. The van der Waals surface area contributed by atoms with Gasteiger partial charge in [-0.05, 0) is 26.1 Å². The van der Waals surface area contributed by atoms with Gasteiger partial charge in [-0.25, -0.2) is 0 Å². The first kappa shape index (κ1) is 17.9. The molecule has 9 nitrogen and oxygen atoms in total. The van der Waals surface area contributed by atoms with Gasteiger partial charge in [-0.3, -0.25) is 19.6 Å². The van der Waals surface area contributed by atoms with E-state index in [1.807, 2.05) is 0 Å². The smallest absolute Gasteiger partial charge is 0.350 e. The number of amides is 1. The van der Waals surface area contributed by atoms with Gasteiger partial charge in [0.05, 0.1) is 12.0 Å². The third kappa shape index (κ3) is 5.32. The summed E-state index contributed by atoms with van der Waals surface area (Å²) >= 11 is 0. The average Bonchev–Trinajstić information content (AvgIpc) is 2.90. The molecule has 0 aromatic carbocycles. The van der Waals surface area contributed by atoms with Crippen molar-refractivity contribution in [1.82, 2.24) is 20.0 Å². The van der Waals surface area contributed by atoms with E-state index < -0.39 is 4.92 Å². The maximum atomic E-state index is 11.8. The first-order valence-electron chi connectivity index (χ1n) is 7.26. The van der Waals surface area contributed by atoms with Gasteiger partial charge in [-0.15, -0.1) is 5.10 Å². The van der Waals surface area contributed by atoms with Crippen molar-refractivity contribution in [3.63, 3.8) is 0 Å². The van der Waals surface area contributed by atoms with Gasteiger partial charge in [-0.1, -0.05) is 13.8 Å². The molecule has 0 fully saturated rings. The molecule has 0 saturated carbocycles. The van der Waals surface area contributed by atoms with Crippen molar-refractivity contribution < 1.29 is 14.5 Å². The van der Waals surface area contributed by atoms with Gasteiger partial charge < -0.3 is 15.0 Å². The molecule has 1 aromatic rings. The van der Waals surface area contributed by atoms with Gasteiger partial charge in [0.1, 0.15) is 12.7 Å². The number of carbonyl (C=O) groups excluding carboxylic acids is 1. The lowest BCUT2D eigenvalue weighted by molar-refractivity contribution is -0.385. The maximum absolute atomic E-state index is 11.8. The summed E-state index contributed by atoms with van der Waals surface area (Å²) in [5, 5.41) is 17.4. The lowest BCUT2D eigenvalue weighted by Crippen LogP contribution is -2.31. The van der Waals surface area contributed by atoms with Gasteiger partial charge in [0.2, 0.25) is 5.91 Å². The van der Waals surface area contributed by atoms with Gasteiger partial charge in [-0.2, -0.15) is 0 Å². The molecule has 0 bridgehead atoms. The molecule has 1 rings (SSSR count). The number of carbonyl (C=O) groups is 1. The zero-order valence-corrected chi connectivity index (χ0v) is 13.2. The molecule has 1 amide bonds. The van der Waals surface area contributed by atoms with E-state index in [1.165, 1.54) is 18.0 Å². The zero-order valence-electron chi connectivity index (χ0n) is 13.2. The monoisotopic (exact) mass is 313 g/mol. The van der Waals surface area contributed by atoms with Crippen LogP contribution >= 0.6 is 0 Å². The fraction of sp³-hybridized carbons (Fsp3) is 0.692. The van der Waals surface area contributed by atoms with Crippen molar-refractivity contribution >= 4 is 11.6 Å². The highest BCUT2D eigenvalue weighted by atomic mass is 16.6. The summed E-state index contributed by atoms with van der Waals surface area (Å²) in [7, 11) is 1.30. The van der Waals surface area contributed by atoms with Crippen LogP contribution in [0.3, 0.4) is 0 Å². The predicted octanol–water partition coefficient (Wildman–Crippen LogP) is 0.648. The zero-order chi connectivity index (χ0) is 16.5. The average molecular weight is 313 g/mol. The summed E-state index contributed by atoms with van der Waals surface area (Å²) < 4.78 is 6.01. The van der Waals surface area contributed by atoms with E-state index in [0.717, 1.165) is 26.1 Å². The van der Waals surface area contributed by atoms with Gasteiger partial charge >= 0.3 is 11.6 Å².